The van der Waals surface area contributed by atoms with Gasteiger partial charge in [-0.15, -0.1) is 6.42 Å². The number of fused-ring (bicyclic) bond motifs is 4. The number of aromatic nitrogens is 3. The van der Waals surface area contributed by atoms with Gasteiger partial charge in [0.25, 0.3) is 0 Å². The Labute approximate surface area is 257 Å². The molecule has 2 aromatic carbocycles. The number of nitrogens with zero attached hydrogens (tertiary/aromatic N) is 5. The molecule has 11 heteroatoms. The summed E-state index contributed by atoms with van der Waals surface area (Å²) in [6.45, 7) is 2.22. The van der Waals surface area contributed by atoms with Crippen LogP contribution >= 0.6 is 0 Å². The van der Waals surface area contributed by atoms with Crippen LogP contribution in [0.1, 0.15) is 37.7 Å². The molecule has 0 spiro atoms. The first-order chi connectivity index (χ1) is 21.8. The van der Waals surface area contributed by atoms with Gasteiger partial charge in [0.1, 0.15) is 53.4 Å². The monoisotopic (exact) mass is 613 g/mol. The molecular formula is C34H30F3N5O3. The predicted molar refractivity (Wildman–Crippen MR) is 163 cm³/mol. The number of alkyl halides is 1. The summed E-state index contributed by atoms with van der Waals surface area (Å²) in [5.74, 6) is 1.29. The number of aromatic hydroxyl groups is 1. The molecule has 6 heterocycles. The minimum atomic E-state index is -0.929. The first-order valence-corrected chi connectivity index (χ1v) is 15.2. The Morgan fingerprint density at radius 3 is 2.89 bits per heavy atom. The molecule has 4 aromatic rings. The molecule has 45 heavy (non-hydrogen) atoms. The number of phenolic OH excluding ortho intramolecular Hbond substituents is 1. The summed E-state index contributed by atoms with van der Waals surface area (Å²) < 4.78 is 58.8. The van der Waals surface area contributed by atoms with E-state index in [0.29, 0.717) is 42.5 Å². The largest absolute Gasteiger partial charge is 0.508 e. The van der Waals surface area contributed by atoms with Gasteiger partial charge in [0.05, 0.1) is 17.1 Å². The van der Waals surface area contributed by atoms with Crippen LogP contribution in [0.25, 0.3) is 32.9 Å². The molecule has 0 unspecified atom stereocenters. The Morgan fingerprint density at radius 2 is 2.02 bits per heavy atom. The van der Waals surface area contributed by atoms with E-state index >= 15 is 4.39 Å². The maximum atomic E-state index is 16.9. The van der Waals surface area contributed by atoms with Crippen molar-refractivity contribution in [3.63, 3.8) is 0 Å². The van der Waals surface area contributed by atoms with E-state index in [1.54, 1.807) is 0 Å². The molecule has 1 N–H and O–H groups in total. The Morgan fingerprint density at radius 1 is 1.13 bits per heavy atom. The fourth-order valence-electron chi connectivity index (χ4n) is 7.57. The van der Waals surface area contributed by atoms with Gasteiger partial charge in [-0.3, -0.25) is 4.90 Å². The highest BCUT2D eigenvalue weighted by molar-refractivity contribution is 6.04. The van der Waals surface area contributed by atoms with Crippen LogP contribution in [-0.2, 0) is 0 Å². The molecule has 8 nitrogen and oxygen atoms in total. The maximum absolute atomic E-state index is 16.9. The van der Waals surface area contributed by atoms with Gasteiger partial charge in [-0.2, -0.15) is 9.97 Å². The Bertz CT molecular complexity index is 1950. The number of anilines is 1. The van der Waals surface area contributed by atoms with E-state index in [1.165, 1.54) is 24.3 Å². The van der Waals surface area contributed by atoms with Crippen LogP contribution in [0.3, 0.4) is 0 Å². The van der Waals surface area contributed by atoms with E-state index in [4.69, 9.17) is 20.9 Å². The summed E-state index contributed by atoms with van der Waals surface area (Å²) in [7, 11) is 0. The Kier molecular flexibility index (Phi) is 6.53. The van der Waals surface area contributed by atoms with Gasteiger partial charge >= 0.3 is 6.01 Å². The number of phenols is 1. The van der Waals surface area contributed by atoms with Gasteiger partial charge < -0.3 is 19.5 Å². The zero-order chi connectivity index (χ0) is 30.9. The third-order valence-corrected chi connectivity index (χ3v) is 9.63. The number of halogens is 3. The zero-order valence-corrected chi connectivity index (χ0v) is 24.4. The van der Waals surface area contributed by atoms with Crippen molar-refractivity contribution >= 4 is 27.5 Å². The molecule has 4 aliphatic heterocycles. The molecular weight excluding hydrogens is 583 g/mol. The minimum absolute atomic E-state index is 0.0305. The normalized spacial score (nSPS) is 24.2. The fourth-order valence-corrected chi connectivity index (χ4v) is 7.57. The smallest absolute Gasteiger partial charge is 0.319 e. The van der Waals surface area contributed by atoms with E-state index in [2.05, 4.69) is 37.8 Å². The van der Waals surface area contributed by atoms with Crippen LogP contribution < -0.4 is 14.4 Å². The molecule has 0 aliphatic carbocycles. The maximum Gasteiger partial charge on any atom is 0.319 e. The number of rotatable bonds is 4. The standard InChI is InChI=1S/C34H30F3N5O3/c1-2-23-25(36)9-8-19-13-22(43)14-24(26(19)23)29-28(37)30-27-31(42-12-5-3-4-7-21(42)17-44-32(27)38-29)40-33(39-30)45-18-34-10-6-11-41(34)16-20(35)15-34/h1,3-4,8-9,13-14,20-21,43H,5-7,10-12,15-18H2/t20-,21+,34+/m1/s1. The lowest BCUT2D eigenvalue weighted by Gasteiger charge is -2.31. The first kappa shape index (κ1) is 28.0. The number of ether oxygens (including phenoxy) is 2. The second-order valence-electron chi connectivity index (χ2n) is 12.3. The van der Waals surface area contributed by atoms with Crippen molar-refractivity contribution in [1.82, 2.24) is 19.9 Å². The molecule has 230 valence electrons. The number of hydrogen-bond donors (Lipinski definition) is 1. The van der Waals surface area contributed by atoms with Crippen molar-refractivity contribution in [1.29, 1.82) is 0 Å². The molecule has 8 rings (SSSR count). The summed E-state index contributed by atoms with van der Waals surface area (Å²) in [6.07, 6.45) is 12.5. The highest BCUT2D eigenvalue weighted by atomic mass is 19.1. The summed E-state index contributed by atoms with van der Waals surface area (Å²) in [5.41, 5.74) is -0.719. The molecule has 0 bridgehead atoms. The topological polar surface area (TPSA) is 83.8 Å². The van der Waals surface area contributed by atoms with Crippen molar-refractivity contribution in [2.45, 2.75) is 49.9 Å². The summed E-state index contributed by atoms with van der Waals surface area (Å²) in [6, 6.07) is 5.28. The lowest BCUT2D eigenvalue weighted by Crippen LogP contribution is -2.43. The van der Waals surface area contributed by atoms with Gasteiger partial charge in [0.2, 0.25) is 5.88 Å². The van der Waals surface area contributed by atoms with Crippen LogP contribution in [-0.4, -0.2) is 75.6 Å². The van der Waals surface area contributed by atoms with Gasteiger partial charge in [0, 0.05) is 30.5 Å². The van der Waals surface area contributed by atoms with E-state index in [9.17, 15) is 13.9 Å². The number of terminal acetylenes is 1. The van der Waals surface area contributed by atoms with Gasteiger partial charge in [-0.25, -0.2) is 18.2 Å². The van der Waals surface area contributed by atoms with Crippen molar-refractivity contribution in [3.8, 4) is 41.2 Å². The fraction of sp³-hybridized carbons (Fsp3) is 0.382. The quantitative estimate of drug-likeness (QED) is 0.233. The lowest BCUT2D eigenvalue weighted by atomic mass is 9.95. The van der Waals surface area contributed by atoms with Crippen molar-refractivity contribution < 1.29 is 27.8 Å². The van der Waals surface area contributed by atoms with Crippen molar-refractivity contribution in [3.05, 3.63) is 53.6 Å². The summed E-state index contributed by atoms with van der Waals surface area (Å²) >= 11 is 0. The van der Waals surface area contributed by atoms with Crippen LogP contribution in [0.5, 0.6) is 17.6 Å². The Hall–Kier alpha value is -4.56. The first-order valence-electron chi connectivity index (χ1n) is 15.2. The van der Waals surface area contributed by atoms with Crippen LogP contribution in [0.2, 0.25) is 0 Å². The third-order valence-electron chi connectivity index (χ3n) is 9.63. The molecule has 0 saturated carbocycles. The molecule has 0 amide bonds. The minimum Gasteiger partial charge on any atom is -0.508 e. The SMILES string of the molecule is C#Cc1c(F)ccc2cc(O)cc(-c3nc4c5c(nc(OC[C@@]67CCCN6C[C@H](F)C7)nc5c3F)N3CCC=CC[C@H]3CO4)c12. The van der Waals surface area contributed by atoms with Crippen molar-refractivity contribution in [2.24, 2.45) is 0 Å². The lowest BCUT2D eigenvalue weighted by molar-refractivity contribution is 0.107. The van der Waals surface area contributed by atoms with Gasteiger partial charge in [-0.05, 0) is 55.8 Å². The molecule has 0 radical (unpaired) electrons. The summed E-state index contributed by atoms with van der Waals surface area (Å²) in [4.78, 5) is 18.2. The van der Waals surface area contributed by atoms with Crippen LogP contribution in [0.15, 0.2) is 36.4 Å². The number of pyridine rings is 1. The second-order valence-corrected chi connectivity index (χ2v) is 12.3. The number of benzene rings is 2. The van der Waals surface area contributed by atoms with E-state index in [0.717, 1.165) is 25.8 Å². The molecule has 2 aromatic heterocycles. The van der Waals surface area contributed by atoms with Crippen LogP contribution in [0.4, 0.5) is 19.0 Å². The third kappa shape index (κ3) is 4.45. The average molecular weight is 614 g/mol. The molecule has 3 atom stereocenters. The summed E-state index contributed by atoms with van der Waals surface area (Å²) in [5, 5.41) is 11.5. The van der Waals surface area contributed by atoms with Crippen LogP contribution in [0, 0.1) is 24.0 Å². The van der Waals surface area contributed by atoms with Gasteiger partial charge in [0.15, 0.2) is 5.82 Å². The predicted octanol–water partition coefficient (Wildman–Crippen LogP) is 5.68. The van der Waals surface area contributed by atoms with E-state index in [1.807, 2.05) is 0 Å². The molecule has 2 fully saturated rings. The highest BCUT2D eigenvalue weighted by Crippen LogP contribution is 2.44. The average Bonchev–Trinajstić information content (AvgIpc) is 3.38. The van der Waals surface area contributed by atoms with E-state index < -0.39 is 23.3 Å². The van der Waals surface area contributed by atoms with Crippen molar-refractivity contribution in [2.75, 3.05) is 37.7 Å². The van der Waals surface area contributed by atoms with E-state index in [-0.39, 0.29) is 64.6 Å². The highest BCUT2D eigenvalue weighted by Gasteiger charge is 2.49. The molecule has 4 aliphatic rings. The second kappa shape index (κ2) is 10.5. The Balaban J connectivity index is 1.33. The van der Waals surface area contributed by atoms with Gasteiger partial charge in [-0.1, -0.05) is 24.1 Å². The number of hydrogen-bond acceptors (Lipinski definition) is 8. The molecule has 2 saturated heterocycles. The zero-order valence-electron chi connectivity index (χ0n) is 24.4.